The Labute approximate surface area is 110 Å². The van der Waals surface area contributed by atoms with E-state index in [9.17, 15) is 4.79 Å². The molecule has 0 unspecified atom stereocenters. The molecule has 4 nitrogen and oxygen atoms in total. The van der Waals surface area contributed by atoms with Crippen LogP contribution in [0.5, 0.6) is 0 Å². The second kappa shape index (κ2) is 6.21. The lowest BCUT2D eigenvalue weighted by atomic mass is 9.89. The summed E-state index contributed by atoms with van der Waals surface area (Å²) in [4.78, 5) is 14.5. The highest BCUT2D eigenvalue weighted by Gasteiger charge is 2.15. The Bertz CT molecular complexity index is 374. The molecule has 1 amide bonds. The Morgan fingerprint density at radius 3 is 2.82 bits per heavy atom. The SMILES string of the molecule is CC(C)(CO)CCCNC(=O)c1cc(Br)c[nH]1. The van der Waals surface area contributed by atoms with Gasteiger partial charge in [-0.15, -0.1) is 0 Å². The number of aromatic amines is 1. The summed E-state index contributed by atoms with van der Waals surface area (Å²) >= 11 is 3.28. The molecule has 0 aliphatic heterocycles. The van der Waals surface area contributed by atoms with E-state index in [0.29, 0.717) is 12.2 Å². The Kier molecular flexibility index (Phi) is 5.21. The summed E-state index contributed by atoms with van der Waals surface area (Å²) in [6.07, 6.45) is 3.48. The van der Waals surface area contributed by atoms with Crippen LogP contribution >= 0.6 is 15.9 Å². The lowest BCUT2D eigenvalue weighted by Crippen LogP contribution is -2.26. The normalized spacial score (nSPS) is 11.5. The molecule has 0 atom stereocenters. The van der Waals surface area contributed by atoms with Crippen molar-refractivity contribution in [3.05, 3.63) is 22.4 Å². The number of aliphatic hydroxyl groups is 1. The fourth-order valence-corrected chi connectivity index (χ4v) is 1.79. The predicted molar refractivity (Wildman–Crippen MR) is 70.9 cm³/mol. The Morgan fingerprint density at radius 1 is 1.59 bits per heavy atom. The first-order chi connectivity index (χ1) is 7.94. The van der Waals surface area contributed by atoms with Crippen molar-refractivity contribution >= 4 is 21.8 Å². The van der Waals surface area contributed by atoms with Gasteiger partial charge in [-0.25, -0.2) is 0 Å². The summed E-state index contributed by atoms with van der Waals surface area (Å²) in [7, 11) is 0. The lowest BCUT2D eigenvalue weighted by molar-refractivity contribution is 0.0944. The first-order valence-corrected chi connectivity index (χ1v) is 6.47. The zero-order chi connectivity index (χ0) is 12.9. The van der Waals surface area contributed by atoms with Crippen LogP contribution in [0, 0.1) is 5.41 Å². The molecule has 0 aliphatic rings. The number of aliphatic hydroxyl groups excluding tert-OH is 1. The van der Waals surface area contributed by atoms with Gasteiger partial charge in [0.25, 0.3) is 5.91 Å². The highest BCUT2D eigenvalue weighted by Crippen LogP contribution is 2.20. The Morgan fingerprint density at radius 2 is 2.29 bits per heavy atom. The van der Waals surface area contributed by atoms with Gasteiger partial charge in [-0.2, -0.15) is 0 Å². The van der Waals surface area contributed by atoms with Crippen LogP contribution < -0.4 is 5.32 Å². The zero-order valence-electron chi connectivity index (χ0n) is 10.2. The largest absolute Gasteiger partial charge is 0.396 e. The van der Waals surface area contributed by atoms with Crippen molar-refractivity contribution in [1.29, 1.82) is 0 Å². The second-order valence-corrected chi connectivity index (χ2v) is 5.83. The molecule has 17 heavy (non-hydrogen) atoms. The molecule has 0 radical (unpaired) electrons. The number of aromatic nitrogens is 1. The zero-order valence-corrected chi connectivity index (χ0v) is 11.8. The third-order valence-corrected chi connectivity index (χ3v) is 3.09. The van der Waals surface area contributed by atoms with Crippen LogP contribution in [0.15, 0.2) is 16.7 Å². The molecule has 1 rings (SSSR count). The van der Waals surface area contributed by atoms with Gasteiger partial charge in [-0.3, -0.25) is 4.79 Å². The van der Waals surface area contributed by atoms with Crippen molar-refractivity contribution in [2.45, 2.75) is 26.7 Å². The van der Waals surface area contributed by atoms with Gasteiger partial charge >= 0.3 is 0 Å². The number of halogens is 1. The minimum absolute atomic E-state index is 0.0693. The van der Waals surface area contributed by atoms with Gasteiger partial charge in [0.05, 0.1) is 0 Å². The van der Waals surface area contributed by atoms with Crippen LogP contribution in [0.4, 0.5) is 0 Å². The van der Waals surface area contributed by atoms with Crippen molar-refractivity contribution in [2.75, 3.05) is 13.2 Å². The Balaban J connectivity index is 2.26. The third-order valence-electron chi connectivity index (χ3n) is 2.64. The van der Waals surface area contributed by atoms with Crippen LogP contribution in [0.1, 0.15) is 37.2 Å². The molecule has 5 heteroatoms. The van der Waals surface area contributed by atoms with E-state index >= 15 is 0 Å². The molecule has 3 N–H and O–H groups in total. The first kappa shape index (κ1) is 14.3. The van der Waals surface area contributed by atoms with Gasteiger partial charge in [0, 0.05) is 23.8 Å². The van der Waals surface area contributed by atoms with E-state index in [1.54, 1.807) is 12.3 Å². The molecule has 0 spiro atoms. The molecule has 96 valence electrons. The average molecular weight is 303 g/mol. The van der Waals surface area contributed by atoms with E-state index in [1.807, 2.05) is 13.8 Å². The smallest absolute Gasteiger partial charge is 0.267 e. The first-order valence-electron chi connectivity index (χ1n) is 5.67. The number of carbonyl (C=O) groups excluding carboxylic acids is 1. The molecule has 0 aliphatic carbocycles. The molecular formula is C12H19BrN2O2. The molecule has 0 fully saturated rings. The van der Waals surface area contributed by atoms with Crippen LogP contribution in [-0.2, 0) is 0 Å². The van der Waals surface area contributed by atoms with Crippen molar-refractivity contribution in [1.82, 2.24) is 10.3 Å². The summed E-state index contributed by atoms with van der Waals surface area (Å²) in [6.45, 7) is 4.82. The summed E-state index contributed by atoms with van der Waals surface area (Å²) in [5.74, 6) is -0.0995. The highest BCUT2D eigenvalue weighted by molar-refractivity contribution is 9.10. The standard InChI is InChI=1S/C12H19BrN2O2/c1-12(2,8-16)4-3-5-14-11(17)10-6-9(13)7-15-10/h6-7,15-16H,3-5,8H2,1-2H3,(H,14,17). The monoisotopic (exact) mass is 302 g/mol. The van der Waals surface area contributed by atoms with E-state index in [1.165, 1.54) is 0 Å². The topological polar surface area (TPSA) is 65.1 Å². The number of hydrogen-bond acceptors (Lipinski definition) is 2. The minimum Gasteiger partial charge on any atom is -0.396 e. The number of amides is 1. The van der Waals surface area contributed by atoms with E-state index in [4.69, 9.17) is 5.11 Å². The molecular weight excluding hydrogens is 284 g/mol. The number of H-pyrrole nitrogens is 1. The van der Waals surface area contributed by atoms with Gasteiger partial charge in [0.15, 0.2) is 0 Å². The lowest BCUT2D eigenvalue weighted by Gasteiger charge is -2.21. The van der Waals surface area contributed by atoms with Gasteiger partial charge in [-0.1, -0.05) is 13.8 Å². The molecule has 0 saturated carbocycles. The van der Waals surface area contributed by atoms with Crippen molar-refractivity contribution < 1.29 is 9.90 Å². The molecule has 1 aromatic rings. The number of rotatable bonds is 6. The number of carbonyl (C=O) groups is 1. The number of nitrogens with one attached hydrogen (secondary N) is 2. The summed E-state index contributed by atoms with van der Waals surface area (Å²) in [6, 6.07) is 1.74. The molecule has 1 aromatic heterocycles. The fourth-order valence-electron chi connectivity index (χ4n) is 1.44. The molecule has 1 heterocycles. The summed E-state index contributed by atoms with van der Waals surface area (Å²) in [5, 5.41) is 11.9. The van der Waals surface area contributed by atoms with Crippen molar-refractivity contribution in [3.63, 3.8) is 0 Å². The maximum Gasteiger partial charge on any atom is 0.267 e. The van der Waals surface area contributed by atoms with Crippen molar-refractivity contribution in [2.24, 2.45) is 5.41 Å². The maximum absolute atomic E-state index is 11.6. The summed E-state index contributed by atoms with van der Waals surface area (Å²) in [5.41, 5.74) is 0.485. The number of hydrogen-bond donors (Lipinski definition) is 3. The van der Waals surface area contributed by atoms with E-state index in [2.05, 4.69) is 26.2 Å². The molecule has 0 saturated heterocycles. The Hall–Kier alpha value is -0.810. The quantitative estimate of drug-likeness (QED) is 0.706. The van der Waals surface area contributed by atoms with Crippen LogP contribution in [0.3, 0.4) is 0 Å². The highest BCUT2D eigenvalue weighted by atomic mass is 79.9. The predicted octanol–water partition coefficient (Wildman–Crippen LogP) is 2.31. The average Bonchev–Trinajstić information content (AvgIpc) is 2.71. The van der Waals surface area contributed by atoms with E-state index in [0.717, 1.165) is 17.3 Å². The van der Waals surface area contributed by atoms with E-state index < -0.39 is 0 Å². The maximum atomic E-state index is 11.6. The van der Waals surface area contributed by atoms with Crippen molar-refractivity contribution in [3.8, 4) is 0 Å². The van der Waals surface area contributed by atoms with Gasteiger partial charge in [-0.05, 0) is 40.3 Å². The molecule has 0 aromatic carbocycles. The van der Waals surface area contributed by atoms with Crippen LogP contribution in [-0.4, -0.2) is 29.1 Å². The third kappa shape index (κ3) is 4.91. The van der Waals surface area contributed by atoms with Gasteiger partial charge in [0.1, 0.15) is 5.69 Å². The van der Waals surface area contributed by atoms with Crippen LogP contribution in [0.25, 0.3) is 0 Å². The summed E-state index contributed by atoms with van der Waals surface area (Å²) < 4.78 is 0.865. The van der Waals surface area contributed by atoms with Crippen LogP contribution in [0.2, 0.25) is 0 Å². The fraction of sp³-hybridized carbons (Fsp3) is 0.583. The van der Waals surface area contributed by atoms with E-state index in [-0.39, 0.29) is 17.9 Å². The minimum atomic E-state index is -0.0995. The van der Waals surface area contributed by atoms with Gasteiger partial charge < -0.3 is 15.4 Å². The molecule has 0 bridgehead atoms. The van der Waals surface area contributed by atoms with Gasteiger partial charge in [0.2, 0.25) is 0 Å². The second-order valence-electron chi connectivity index (χ2n) is 4.91.